The Kier molecular flexibility index (Phi) is 7.16. The van der Waals surface area contributed by atoms with Gasteiger partial charge in [0.2, 0.25) is 5.88 Å². The van der Waals surface area contributed by atoms with Crippen LogP contribution in [0, 0.1) is 0 Å². The van der Waals surface area contributed by atoms with Crippen molar-refractivity contribution in [2.45, 2.75) is 57.1 Å². The van der Waals surface area contributed by atoms with Crippen molar-refractivity contribution >= 4 is 22.3 Å². The number of fused-ring (bicyclic) bond motifs is 1. The fraction of sp³-hybridized carbons (Fsp3) is 0.550. The van der Waals surface area contributed by atoms with Crippen molar-refractivity contribution in [3.8, 4) is 11.8 Å². The minimum atomic E-state index is -1.98. The van der Waals surface area contributed by atoms with Crippen LogP contribution in [0.4, 0.5) is 10.5 Å². The zero-order valence-corrected chi connectivity index (χ0v) is 19.4. The van der Waals surface area contributed by atoms with Gasteiger partial charge in [-0.25, -0.2) is 14.5 Å². The molecule has 0 radical (unpaired) electrons. The SMILES string of the molecule is COc1cc(C(C)C)c(NC(=O)N=[S-](=O)c2cnn3c2OCC(OC)C3)c(C(C)C)n1. The standard InChI is InChI=1S/C20H28N5O5S/c1-11(2)14-7-16(29-6)22-17(12(3)4)18(14)23-20(26)24-31(27)15-8-21-25-9-13(28-5)10-30-19(15)25/h7-8,11-13H,9-10H2,1-6H3,(H,23,26)/q-1. The summed E-state index contributed by atoms with van der Waals surface area (Å²) in [7, 11) is 1.16. The van der Waals surface area contributed by atoms with Crippen LogP contribution in [-0.4, -0.2) is 47.7 Å². The molecule has 11 heteroatoms. The van der Waals surface area contributed by atoms with Gasteiger partial charge in [0, 0.05) is 19.4 Å². The highest BCUT2D eigenvalue weighted by Crippen LogP contribution is 2.34. The Hall–Kier alpha value is -2.66. The lowest BCUT2D eigenvalue weighted by atomic mass is 9.97. The first kappa shape index (κ1) is 23.0. The number of hydrogen-bond donors (Lipinski definition) is 1. The molecule has 1 unspecified atom stereocenters. The van der Waals surface area contributed by atoms with Gasteiger partial charge in [-0.05, 0) is 22.3 Å². The molecule has 1 atom stereocenters. The molecule has 2 aromatic rings. The van der Waals surface area contributed by atoms with Gasteiger partial charge in [0.1, 0.15) is 12.7 Å². The van der Waals surface area contributed by atoms with E-state index in [-0.39, 0.29) is 22.8 Å². The highest BCUT2D eigenvalue weighted by molar-refractivity contribution is 7.75. The quantitative estimate of drug-likeness (QED) is 0.667. The number of amides is 2. The van der Waals surface area contributed by atoms with Crippen molar-refractivity contribution in [2.75, 3.05) is 26.1 Å². The molecule has 0 fully saturated rings. The minimum Gasteiger partial charge on any atom is -0.481 e. The number of pyridine rings is 1. The number of urea groups is 1. The van der Waals surface area contributed by atoms with Crippen LogP contribution in [0.15, 0.2) is 21.5 Å². The maximum atomic E-state index is 12.8. The van der Waals surface area contributed by atoms with Crippen molar-refractivity contribution in [3.63, 3.8) is 0 Å². The van der Waals surface area contributed by atoms with Crippen LogP contribution >= 0.6 is 0 Å². The van der Waals surface area contributed by atoms with Gasteiger partial charge in [0.25, 0.3) is 0 Å². The van der Waals surface area contributed by atoms with Gasteiger partial charge in [0.15, 0.2) is 5.88 Å². The molecule has 3 heterocycles. The molecule has 3 rings (SSSR count). The Labute approximate surface area is 183 Å². The molecule has 1 aliphatic rings. The second-order valence-corrected chi connectivity index (χ2v) is 8.88. The van der Waals surface area contributed by atoms with Gasteiger partial charge >= 0.3 is 6.03 Å². The lowest BCUT2D eigenvalue weighted by molar-refractivity contribution is 0.0165. The summed E-state index contributed by atoms with van der Waals surface area (Å²) >= 11 is 0. The van der Waals surface area contributed by atoms with Gasteiger partial charge in [-0.1, -0.05) is 27.7 Å². The van der Waals surface area contributed by atoms with E-state index in [1.807, 2.05) is 27.7 Å². The highest BCUT2D eigenvalue weighted by atomic mass is 32.2. The predicted molar refractivity (Wildman–Crippen MR) is 115 cm³/mol. The molecule has 1 N–H and O–H groups in total. The van der Waals surface area contributed by atoms with Gasteiger partial charge in [-0.2, -0.15) is 5.10 Å². The smallest absolute Gasteiger partial charge is 0.322 e. The van der Waals surface area contributed by atoms with Crippen LogP contribution in [0.5, 0.6) is 11.8 Å². The predicted octanol–water partition coefficient (Wildman–Crippen LogP) is 3.68. The first-order chi connectivity index (χ1) is 14.7. The van der Waals surface area contributed by atoms with E-state index in [2.05, 4.69) is 19.8 Å². The molecule has 0 saturated heterocycles. The average Bonchev–Trinajstić information content (AvgIpc) is 3.16. The van der Waals surface area contributed by atoms with Crippen LogP contribution in [0.2, 0.25) is 0 Å². The van der Waals surface area contributed by atoms with E-state index in [1.54, 1.807) is 25.0 Å². The molecule has 31 heavy (non-hydrogen) atoms. The summed E-state index contributed by atoms with van der Waals surface area (Å²) in [6.07, 6.45) is 1.26. The molecule has 0 bridgehead atoms. The van der Waals surface area contributed by atoms with Crippen LogP contribution in [-0.2, 0) is 26.1 Å². The summed E-state index contributed by atoms with van der Waals surface area (Å²) in [5.74, 6) is 0.933. The molecule has 0 saturated carbocycles. The maximum absolute atomic E-state index is 12.8. The topological polar surface area (TPSA) is 117 Å². The summed E-state index contributed by atoms with van der Waals surface area (Å²) in [5, 5.41) is 6.94. The first-order valence-electron chi connectivity index (χ1n) is 9.99. The number of anilines is 1. The van der Waals surface area contributed by atoms with E-state index < -0.39 is 16.6 Å². The van der Waals surface area contributed by atoms with E-state index in [1.165, 1.54) is 6.20 Å². The van der Waals surface area contributed by atoms with E-state index in [9.17, 15) is 9.00 Å². The van der Waals surface area contributed by atoms with Gasteiger partial charge < -0.3 is 28.1 Å². The Morgan fingerprint density at radius 1 is 1.32 bits per heavy atom. The Bertz CT molecular complexity index is 1010. The summed E-state index contributed by atoms with van der Waals surface area (Å²) < 4.78 is 34.3. The fourth-order valence-electron chi connectivity index (χ4n) is 3.24. The summed E-state index contributed by atoms with van der Waals surface area (Å²) in [5.41, 5.74) is 2.10. The monoisotopic (exact) mass is 450 g/mol. The molecule has 2 aromatic heterocycles. The number of nitrogens with zero attached hydrogens (tertiary/aromatic N) is 4. The number of nitrogens with one attached hydrogen (secondary N) is 1. The summed E-state index contributed by atoms with van der Waals surface area (Å²) in [6.45, 7) is 8.75. The Balaban J connectivity index is 1.90. The molecule has 170 valence electrons. The number of methoxy groups -OCH3 is 2. The third kappa shape index (κ3) is 4.99. The minimum absolute atomic E-state index is 0.0261. The Morgan fingerprint density at radius 3 is 2.68 bits per heavy atom. The lowest BCUT2D eigenvalue weighted by Crippen LogP contribution is -2.32. The van der Waals surface area contributed by atoms with Crippen LogP contribution in [0.3, 0.4) is 0 Å². The van der Waals surface area contributed by atoms with Crippen molar-refractivity contribution in [1.82, 2.24) is 14.8 Å². The molecule has 0 aliphatic carbocycles. The molecule has 0 spiro atoms. The van der Waals surface area contributed by atoms with Crippen LogP contribution < -0.4 is 14.8 Å². The molecule has 1 aliphatic heterocycles. The van der Waals surface area contributed by atoms with E-state index in [0.29, 0.717) is 36.3 Å². The number of carbonyl (C=O) groups excluding carboxylic acids is 1. The number of hydrogen-bond acceptors (Lipinski definition) is 8. The fourth-order valence-corrected chi connectivity index (χ4v) is 3.99. The summed E-state index contributed by atoms with van der Waals surface area (Å²) in [6, 6.07) is 1.05. The van der Waals surface area contributed by atoms with Crippen LogP contribution in [0.25, 0.3) is 0 Å². The second-order valence-electron chi connectivity index (χ2n) is 7.76. The molecular weight excluding hydrogens is 422 g/mol. The largest absolute Gasteiger partial charge is 0.481 e. The third-order valence-corrected chi connectivity index (χ3v) is 5.88. The van der Waals surface area contributed by atoms with Gasteiger partial charge in [-0.3, -0.25) is 0 Å². The number of carbonyl (C=O) groups is 1. The van der Waals surface area contributed by atoms with E-state index in [4.69, 9.17) is 14.2 Å². The second kappa shape index (κ2) is 9.65. The number of aromatic nitrogens is 3. The van der Waals surface area contributed by atoms with E-state index in [0.717, 1.165) is 5.56 Å². The molecule has 10 nitrogen and oxygen atoms in total. The van der Waals surface area contributed by atoms with E-state index >= 15 is 0 Å². The van der Waals surface area contributed by atoms with Crippen LogP contribution in [0.1, 0.15) is 50.8 Å². The third-order valence-electron chi connectivity index (χ3n) is 4.89. The molecule has 0 aromatic carbocycles. The van der Waals surface area contributed by atoms with Crippen molar-refractivity contribution in [2.24, 2.45) is 4.36 Å². The maximum Gasteiger partial charge on any atom is 0.322 e. The van der Waals surface area contributed by atoms with Gasteiger partial charge in [0.05, 0.1) is 25.0 Å². The number of rotatable bonds is 6. The molecule has 2 amide bonds. The lowest BCUT2D eigenvalue weighted by Gasteiger charge is -2.24. The first-order valence-corrected chi connectivity index (χ1v) is 11.1. The Morgan fingerprint density at radius 2 is 2.06 bits per heavy atom. The van der Waals surface area contributed by atoms with Crippen molar-refractivity contribution < 1.29 is 23.2 Å². The molecular formula is C20H28N5O5S-. The normalized spacial score (nSPS) is 16.8. The summed E-state index contributed by atoms with van der Waals surface area (Å²) in [4.78, 5) is 17.4. The van der Waals surface area contributed by atoms with Gasteiger partial charge in [-0.15, -0.1) is 10.6 Å². The zero-order chi connectivity index (χ0) is 22.7. The zero-order valence-electron chi connectivity index (χ0n) is 18.5. The number of ether oxygens (including phenoxy) is 3. The average molecular weight is 451 g/mol. The van der Waals surface area contributed by atoms with Crippen molar-refractivity contribution in [3.05, 3.63) is 23.5 Å². The highest BCUT2D eigenvalue weighted by Gasteiger charge is 2.22. The van der Waals surface area contributed by atoms with Crippen molar-refractivity contribution in [1.29, 1.82) is 0 Å².